The van der Waals surface area contributed by atoms with Crippen LogP contribution in [0.25, 0.3) is 0 Å². The predicted molar refractivity (Wildman–Crippen MR) is 78.7 cm³/mol. The number of ether oxygens (including phenoxy) is 2. The summed E-state index contributed by atoms with van der Waals surface area (Å²) in [6.45, 7) is 3.04. The van der Waals surface area contributed by atoms with E-state index >= 15 is 0 Å². The lowest BCUT2D eigenvalue weighted by Crippen LogP contribution is -2.35. The Morgan fingerprint density at radius 3 is 2.37 bits per heavy atom. The van der Waals surface area contributed by atoms with Crippen molar-refractivity contribution in [2.24, 2.45) is 0 Å². The molecule has 4 nitrogen and oxygen atoms in total. The van der Waals surface area contributed by atoms with E-state index in [-0.39, 0.29) is 5.78 Å². The molecule has 0 saturated carbocycles. The molecule has 0 bridgehead atoms. The molecular weight excluding hydrogens is 310 g/mol. The number of nitrogens with zero attached hydrogens (tertiary/aromatic N) is 1. The van der Waals surface area contributed by atoms with Gasteiger partial charge in [-0.2, -0.15) is 0 Å². The Morgan fingerprint density at radius 1 is 1.21 bits per heavy atom. The van der Waals surface area contributed by atoms with E-state index < -0.39 is 0 Å². The van der Waals surface area contributed by atoms with Gasteiger partial charge in [-0.25, -0.2) is 0 Å². The van der Waals surface area contributed by atoms with E-state index in [1.54, 1.807) is 14.2 Å². The molecule has 0 unspecified atom stereocenters. The van der Waals surface area contributed by atoms with Gasteiger partial charge in [0.05, 0.1) is 19.8 Å². The van der Waals surface area contributed by atoms with Gasteiger partial charge in [0.15, 0.2) is 5.78 Å². The van der Waals surface area contributed by atoms with Crippen molar-refractivity contribution in [2.45, 2.75) is 0 Å². The Morgan fingerprint density at radius 2 is 1.84 bits per heavy atom. The van der Waals surface area contributed by atoms with Crippen LogP contribution in [-0.2, 0) is 9.47 Å². The highest BCUT2D eigenvalue weighted by Crippen LogP contribution is 2.12. The lowest BCUT2D eigenvalue weighted by atomic mass is 10.1. The van der Waals surface area contributed by atoms with Crippen LogP contribution in [0.5, 0.6) is 0 Å². The van der Waals surface area contributed by atoms with Crippen LogP contribution >= 0.6 is 15.9 Å². The van der Waals surface area contributed by atoms with Gasteiger partial charge < -0.3 is 9.47 Å². The second-order valence-corrected chi connectivity index (χ2v) is 5.11. The zero-order valence-corrected chi connectivity index (χ0v) is 13.0. The molecule has 0 radical (unpaired) electrons. The molecule has 0 spiro atoms. The minimum atomic E-state index is 0.105. The second-order valence-electron chi connectivity index (χ2n) is 4.20. The summed E-state index contributed by atoms with van der Waals surface area (Å²) in [6.07, 6.45) is 0. The SMILES string of the molecule is COCCN(CCOC)CC(=O)c1cccc(Br)c1. The maximum absolute atomic E-state index is 12.2. The molecule has 0 saturated heterocycles. The molecule has 1 rings (SSSR count). The van der Waals surface area contributed by atoms with Gasteiger partial charge in [0.25, 0.3) is 0 Å². The Bertz CT molecular complexity index is 390. The number of methoxy groups -OCH3 is 2. The van der Waals surface area contributed by atoms with Crippen molar-refractivity contribution < 1.29 is 14.3 Å². The quantitative estimate of drug-likeness (QED) is 0.651. The molecule has 5 heteroatoms. The van der Waals surface area contributed by atoms with Crippen LogP contribution < -0.4 is 0 Å². The first-order valence-electron chi connectivity index (χ1n) is 6.16. The van der Waals surface area contributed by atoms with Gasteiger partial charge in [-0.05, 0) is 12.1 Å². The standard InChI is InChI=1S/C14H20BrNO3/c1-18-8-6-16(7-9-19-2)11-14(17)12-4-3-5-13(15)10-12/h3-5,10H,6-9,11H2,1-2H3. The van der Waals surface area contributed by atoms with Crippen molar-refractivity contribution in [3.8, 4) is 0 Å². The normalized spacial score (nSPS) is 10.9. The summed E-state index contributed by atoms with van der Waals surface area (Å²) < 4.78 is 11.0. The van der Waals surface area contributed by atoms with Crippen molar-refractivity contribution in [3.63, 3.8) is 0 Å². The lowest BCUT2D eigenvalue weighted by molar-refractivity contribution is 0.0837. The Kier molecular flexibility index (Phi) is 7.90. The monoisotopic (exact) mass is 329 g/mol. The van der Waals surface area contributed by atoms with Crippen LogP contribution in [-0.4, -0.2) is 57.8 Å². The molecule has 106 valence electrons. The number of hydrogen-bond donors (Lipinski definition) is 0. The lowest BCUT2D eigenvalue weighted by Gasteiger charge is -2.20. The Labute approximate surface area is 122 Å². The van der Waals surface area contributed by atoms with E-state index in [0.29, 0.717) is 25.3 Å². The number of halogens is 1. The van der Waals surface area contributed by atoms with E-state index in [4.69, 9.17) is 9.47 Å². The third-order valence-corrected chi connectivity index (χ3v) is 3.23. The zero-order valence-electron chi connectivity index (χ0n) is 11.4. The molecule has 0 amide bonds. The highest BCUT2D eigenvalue weighted by Gasteiger charge is 2.12. The van der Waals surface area contributed by atoms with E-state index in [9.17, 15) is 4.79 Å². The molecule has 0 N–H and O–H groups in total. The third kappa shape index (κ3) is 6.29. The summed E-state index contributed by atoms with van der Waals surface area (Å²) in [6, 6.07) is 7.45. The number of carbonyl (C=O) groups excluding carboxylic acids is 1. The molecule has 0 aliphatic carbocycles. The van der Waals surface area contributed by atoms with Gasteiger partial charge >= 0.3 is 0 Å². The average molecular weight is 330 g/mol. The molecule has 1 aromatic rings. The molecular formula is C14H20BrNO3. The zero-order chi connectivity index (χ0) is 14.1. The summed E-state index contributed by atoms with van der Waals surface area (Å²) in [5.74, 6) is 0.105. The van der Waals surface area contributed by atoms with Crippen LogP contribution in [0.3, 0.4) is 0 Å². The number of benzene rings is 1. The fraction of sp³-hybridized carbons (Fsp3) is 0.500. The van der Waals surface area contributed by atoms with E-state index in [1.807, 2.05) is 29.2 Å². The number of rotatable bonds is 9. The first-order chi connectivity index (χ1) is 9.17. The number of ketones is 1. The number of hydrogen-bond acceptors (Lipinski definition) is 4. The van der Waals surface area contributed by atoms with Crippen molar-refractivity contribution in [3.05, 3.63) is 34.3 Å². The minimum Gasteiger partial charge on any atom is -0.383 e. The first-order valence-corrected chi connectivity index (χ1v) is 6.95. The first kappa shape index (κ1) is 16.3. The predicted octanol–water partition coefficient (Wildman–Crippen LogP) is 2.23. The van der Waals surface area contributed by atoms with Crippen LogP contribution in [0.1, 0.15) is 10.4 Å². The van der Waals surface area contributed by atoms with Crippen molar-refractivity contribution in [2.75, 3.05) is 47.1 Å². The molecule has 0 aliphatic heterocycles. The molecule has 1 aromatic carbocycles. The van der Waals surface area contributed by atoms with Crippen LogP contribution in [0, 0.1) is 0 Å². The molecule has 0 aromatic heterocycles. The van der Waals surface area contributed by atoms with E-state index in [1.165, 1.54) is 0 Å². The van der Waals surface area contributed by atoms with Crippen LogP contribution in [0.2, 0.25) is 0 Å². The van der Waals surface area contributed by atoms with Gasteiger partial charge in [0, 0.05) is 37.3 Å². The highest BCUT2D eigenvalue weighted by atomic mass is 79.9. The molecule has 0 fully saturated rings. The molecule has 19 heavy (non-hydrogen) atoms. The Hall–Kier alpha value is -0.750. The highest BCUT2D eigenvalue weighted by molar-refractivity contribution is 9.10. The third-order valence-electron chi connectivity index (χ3n) is 2.74. The van der Waals surface area contributed by atoms with Gasteiger partial charge in [-0.1, -0.05) is 28.1 Å². The van der Waals surface area contributed by atoms with Crippen LogP contribution in [0.4, 0.5) is 0 Å². The summed E-state index contributed by atoms with van der Waals surface area (Å²) in [5.41, 5.74) is 0.717. The largest absolute Gasteiger partial charge is 0.383 e. The summed E-state index contributed by atoms with van der Waals surface area (Å²) in [4.78, 5) is 14.2. The van der Waals surface area contributed by atoms with Crippen molar-refractivity contribution in [1.29, 1.82) is 0 Å². The van der Waals surface area contributed by atoms with E-state index in [2.05, 4.69) is 15.9 Å². The molecule has 0 aliphatic rings. The number of Topliss-reactive ketones (excluding diaryl/α,β-unsaturated/α-hetero) is 1. The smallest absolute Gasteiger partial charge is 0.176 e. The fourth-order valence-electron chi connectivity index (χ4n) is 1.67. The minimum absolute atomic E-state index is 0.105. The summed E-state index contributed by atoms with van der Waals surface area (Å²) in [7, 11) is 3.31. The van der Waals surface area contributed by atoms with Crippen LogP contribution in [0.15, 0.2) is 28.7 Å². The van der Waals surface area contributed by atoms with Crippen molar-refractivity contribution in [1.82, 2.24) is 4.90 Å². The summed E-state index contributed by atoms with van der Waals surface area (Å²) >= 11 is 3.37. The molecule has 0 heterocycles. The van der Waals surface area contributed by atoms with Gasteiger partial charge in [-0.3, -0.25) is 9.69 Å². The summed E-state index contributed by atoms with van der Waals surface area (Å²) in [5, 5.41) is 0. The second kappa shape index (κ2) is 9.20. The van der Waals surface area contributed by atoms with Gasteiger partial charge in [0.2, 0.25) is 0 Å². The fourth-order valence-corrected chi connectivity index (χ4v) is 2.07. The van der Waals surface area contributed by atoms with Crippen molar-refractivity contribution >= 4 is 21.7 Å². The van der Waals surface area contributed by atoms with Gasteiger partial charge in [0.1, 0.15) is 0 Å². The Balaban J connectivity index is 2.58. The maximum atomic E-state index is 12.2. The molecule has 0 atom stereocenters. The number of carbonyl (C=O) groups is 1. The van der Waals surface area contributed by atoms with E-state index in [0.717, 1.165) is 17.6 Å². The topological polar surface area (TPSA) is 38.8 Å². The average Bonchev–Trinajstić information content (AvgIpc) is 2.41. The van der Waals surface area contributed by atoms with Gasteiger partial charge in [-0.15, -0.1) is 0 Å². The maximum Gasteiger partial charge on any atom is 0.176 e.